The largest absolute Gasteiger partial charge is 0.502 e. The Bertz CT molecular complexity index is 1220. The molecule has 0 aliphatic carbocycles. The highest BCUT2D eigenvalue weighted by Gasteiger charge is 2.48. The Balaban J connectivity index is 1.51. The summed E-state index contributed by atoms with van der Waals surface area (Å²) in [6.07, 6.45) is 3.17. The Kier molecular flexibility index (Phi) is 5.29. The van der Waals surface area contributed by atoms with E-state index in [-0.39, 0.29) is 40.6 Å². The number of carbonyl (C=O) groups is 2. The van der Waals surface area contributed by atoms with E-state index in [9.17, 15) is 23.9 Å². The predicted octanol–water partition coefficient (Wildman–Crippen LogP) is 1.58. The van der Waals surface area contributed by atoms with E-state index in [1.54, 1.807) is 13.1 Å². The number of nitrogens with zero attached hydrogens (tertiary/aromatic N) is 3. The first kappa shape index (κ1) is 21.7. The van der Waals surface area contributed by atoms with E-state index in [0.717, 1.165) is 19.3 Å². The lowest BCUT2D eigenvalue weighted by Gasteiger charge is -2.54. The van der Waals surface area contributed by atoms with Crippen LogP contribution < -0.4 is 15.8 Å². The van der Waals surface area contributed by atoms with Gasteiger partial charge in [-0.15, -0.1) is 0 Å². The third kappa shape index (κ3) is 3.44. The SMILES string of the molecule is CN1C(=O)c2c(O)c(=O)c(C(=O)NCc3cccc(Cl)c3F)cn2N2C[C@@H]3CCC[C@@H](O3)[C@@H]12. The van der Waals surface area contributed by atoms with Gasteiger partial charge in [0.25, 0.3) is 11.8 Å². The first-order valence-electron chi connectivity index (χ1n) is 10.7. The minimum absolute atomic E-state index is 0.0564. The molecule has 0 unspecified atom stereocenters. The number of aromatic nitrogens is 1. The lowest BCUT2D eigenvalue weighted by atomic mass is 9.96. The molecule has 5 rings (SSSR count). The number of morpholine rings is 1. The minimum Gasteiger partial charge on any atom is -0.502 e. The number of amides is 2. The van der Waals surface area contributed by atoms with Crippen LogP contribution in [0.1, 0.15) is 45.7 Å². The first-order valence-corrected chi connectivity index (χ1v) is 11.0. The second-order valence-electron chi connectivity index (χ2n) is 8.49. The summed E-state index contributed by atoms with van der Waals surface area (Å²) in [4.78, 5) is 40.1. The number of halogens is 2. The highest BCUT2D eigenvalue weighted by atomic mass is 35.5. The van der Waals surface area contributed by atoms with Crippen LogP contribution in [0.2, 0.25) is 5.02 Å². The molecule has 9 nitrogen and oxygen atoms in total. The van der Waals surface area contributed by atoms with E-state index in [2.05, 4.69) is 5.32 Å². The number of hydrogen-bond donors (Lipinski definition) is 2. The molecule has 4 heterocycles. The van der Waals surface area contributed by atoms with E-state index >= 15 is 0 Å². The number of aromatic hydroxyl groups is 1. The number of carbonyl (C=O) groups excluding carboxylic acids is 2. The fourth-order valence-electron chi connectivity index (χ4n) is 4.85. The molecular weight excluding hydrogens is 455 g/mol. The Labute approximate surface area is 193 Å². The summed E-state index contributed by atoms with van der Waals surface area (Å²) < 4.78 is 21.6. The van der Waals surface area contributed by atoms with Crippen LogP contribution in [-0.2, 0) is 11.3 Å². The molecule has 2 fully saturated rings. The molecule has 2 aromatic rings. The zero-order valence-electron chi connectivity index (χ0n) is 17.8. The van der Waals surface area contributed by atoms with E-state index in [1.165, 1.54) is 27.9 Å². The summed E-state index contributed by atoms with van der Waals surface area (Å²) in [7, 11) is 1.60. The maximum absolute atomic E-state index is 14.2. The second kappa shape index (κ2) is 8.03. The van der Waals surface area contributed by atoms with Crippen molar-refractivity contribution in [3.63, 3.8) is 0 Å². The van der Waals surface area contributed by atoms with Gasteiger partial charge in [0, 0.05) is 25.4 Å². The predicted molar refractivity (Wildman–Crippen MR) is 116 cm³/mol. The van der Waals surface area contributed by atoms with E-state index in [1.807, 2.05) is 5.01 Å². The minimum atomic E-state index is -0.973. The standard InChI is InChI=1S/C22H22ClFN4O5/c1-26-21-15-7-3-5-12(33-15)9-28(21)27-10-13(18(29)19(30)17(27)22(26)32)20(31)25-8-11-4-2-6-14(23)16(11)24/h2,4,6,10,12,15,21,30H,3,5,7-9H2,1H3,(H,25,31)/t12-,15+,21-/m0/s1. The normalized spacial score (nSPS) is 23.7. The number of benzene rings is 1. The van der Waals surface area contributed by atoms with Gasteiger partial charge in [-0.05, 0) is 25.3 Å². The number of hydrogen-bond acceptors (Lipinski definition) is 6. The number of likely N-dealkylation sites (N-methyl/N-ethyl adjacent to an activating group) is 1. The zero-order valence-corrected chi connectivity index (χ0v) is 18.5. The summed E-state index contributed by atoms with van der Waals surface area (Å²) in [5.74, 6) is -2.81. The van der Waals surface area contributed by atoms with Crippen molar-refractivity contribution in [2.75, 3.05) is 18.6 Å². The van der Waals surface area contributed by atoms with Crippen LogP contribution in [0.4, 0.5) is 4.39 Å². The average molecular weight is 477 g/mol. The van der Waals surface area contributed by atoms with Gasteiger partial charge in [-0.3, -0.25) is 24.1 Å². The molecule has 0 saturated carbocycles. The molecule has 3 aliphatic rings. The number of rotatable bonds is 3. The molecule has 1 aromatic carbocycles. The molecular formula is C22H22ClFN4O5. The summed E-state index contributed by atoms with van der Waals surface area (Å²) in [6, 6.07) is 4.40. The van der Waals surface area contributed by atoms with Gasteiger partial charge < -0.3 is 20.1 Å². The van der Waals surface area contributed by atoms with E-state index in [0.29, 0.717) is 6.54 Å². The van der Waals surface area contributed by atoms with Crippen molar-refractivity contribution >= 4 is 23.4 Å². The quantitative estimate of drug-likeness (QED) is 0.697. The molecule has 2 N–H and O–H groups in total. The summed E-state index contributed by atoms with van der Waals surface area (Å²) in [6.45, 7) is 0.224. The van der Waals surface area contributed by atoms with Crippen molar-refractivity contribution in [2.24, 2.45) is 0 Å². The lowest BCUT2D eigenvalue weighted by Crippen LogP contribution is -2.70. The Morgan fingerprint density at radius 3 is 2.91 bits per heavy atom. The van der Waals surface area contributed by atoms with Crippen LogP contribution in [0.15, 0.2) is 29.2 Å². The third-order valence-corrected chi connectivity index (χ3v) is 6.78. The molecule has 2 bridgehead atoms. The van der Waals surface area contributed by atoms with Gasteiger partial charge in [-0.25, -0.2) is 4.39 Å². The summed E-state index contributed by atoms with van der Waals surface area (Å²) in [5.41, 5.74) is -1.38. The van der Waals surface area contributed by atoms with Gasteiger partial charge in [0.1, 0.15) is 17.5 Å². The molecule has 2 amide bonds. The molecule has 174 valence electrons. The highest BCUT2D eigenvalue weighted by molar-refractivity contribution is 6.30. The van der Waals surface area contributed by atoms with E-state index < -0.39 is 35.0 Å². The van der Waals surface area contributed by atoms with Crippen molar-refractivity contribution < 1.29 is 23.8 Å². The van der Waals surface area contributed by atoms with Crippen molar-refractivity contribution in [1.82, 2.24) is 14.9 Å². The maximum atomic E-state index is 14.2. The fourth-order valence-corrected chi connectivity index (χ4v) is 5.05. The highest BCUT2D eigenvalue weighted by Crippen LogP contribution is 2.34. The van der Waals surface area contributed by atoms with Crippen LogP contribution in [0, 0.1) is 5.82 Å². The molecule has 3 atom stereocenters. The topological polar surface area (TPSA) is 104 Å². The van der Waals surface area contributed by atoms with Crippen molar-refractivity contribution in [2.45, 2.75) is 44.2 Å². The van der Waals surface area contributed by atoms with Crippen molar-refractivity contribution in [1.29, 1.82) is 0 Å². The Hall–Kier alpha value is -3.11. The van der Waals surface area contributed by atoms with Crippen molar-refractivity contribution in [3.8, 4) is 5.75 Å². The van der Waals surface area contributed by atoms with Gasteiger partial charge >= 0.3 is 0 Å². The summed E-state index contributed by atoms with van der Waals surface area (Å²) in [5, 5.41) is 14.9. The molecule has 0 spiro atoms. The van der Waals surface area contributed by atoms with Crippen molar-refractivity contribution in [3.05, 3.63) is 62.3 Å². The number of nitrogens with one attached hydrogen (secondary N) is 1. The molecule has 1 aromatic heterocycles. The number of pyridine rings is 1. The van der Waals surface area contributed by atoms with Gasteiger partial charge in [0.15, 0.2) is 11.4 Å². The lowest BCUT2D eigenvalue weighted by molar-refractivity contribution is -0.117. The van der Waals surface area contributed by atoms with Gasteiger partial charge in [-0.2, -0.15) is 0 Å². The Morgan fingerprint density at radius 2 is 2.12 bits per heavy atom. The Morgan fingerprint density at radius 1 is 1.33 bits per heavy atom. The maximum Gasteiger partial charge on any atom is 0.277 e. The molecule has 11 heteroatoms. The van der Waals surface area contributed by atoms with Gasteiger partial charge in [0.05, 0.1) is 23.8 Å². The van der Waals surface area contributed by atoms with Gasteiger partial charge in [0.2, 0.25) is 5.43 Å². The van der Waals surface area contributed by atoms with E-state index in [4.69, 9.17) is 16.3 Å². The number of fused-ring (bicyclic) bond motifs is 6. The molecule has 2 saturated heterocycles. The molecule has 0 radical (unpaired) electrons. The van der Waals surface area contributed by atoms with Crippen LogP contribution in [0.25, 0.3) is 0 Å². The molecule has 3 aliphatic heterocycles. The monoisotopic (exact) mass is 476 g/mol. The zero-order chi connectivity index (χ0) is 23.4. The number of ether oxygens (including phenoxy) is 1. The van der Waals surface area contributed by atoms with Crippen LogP contribution >= 0.6 is 11.6 Å². The smallest absolute Gasteiger partial charge is 0.277 e. The fraction of sp³-hybridized carbons (Fsp3) is 0.409. The van der Waals surface area contributed by atoms with Crippen LogP contribution in [0.5, 0.6) is 5.75 Å². The van der Waals surface area contributed by atoms with Gasteiger partial charge in [-0.1, -0.05) is 23.7 Å². The first-order chi connectivity index (χ1) is 15.8. The van der Waals surface area contributed by atoms with Crippen LogP contribution in [-0.4, -0.2) is 58.5 Å². The average Bonchev–Trinajstić information content (AvgIpc) is 2.80. The third-order valence-electron chi connectivity index (χ3n) is 6.49. The van der Waals surface area contributed by atoms with Crippen LogP contribution in [0.3, 0.4) is 0 Å². The second-order valence-corrected chi connectivity index (χ2v) is 8.90. The molecule has 33 heavy (non-hydrogen) atoms. The summed E-state index contributed by atoms with van der Waals surface area (Å²) >= 11 is 5.78.